The maximum absolute atomic E-state index is 5.72. The fourth-order valence-corrected chi connectivity index (χ4v) is 4.49. The molecule has 164 valence electrons. The van der Waals surface area contributed by atoms with Crippen LogP contribution in [0, 0.1) is 0 Å². The normalized spacial score (nSPS) is 17.9. The summed E-state index contributed by atoms with van der Waals surface area (Å²) in [5, 5.41) is 6.97. The molecule has 2 N–H and O–H groups in total. The van der Waals surface area contributed by atoms with Crippen LogP contribution in [-0.2, 0) is 13.0 Å². The van der Waals surface area contributed by atoms with Crippen LogP contribution in [0.15, 0.2) is 46.0 Å². The lowest BCUT2D eigenvalue weighted by Crippen LogP contribution is -2.42. The molecule has 0 aliphatic carbocycles. The highest BCUT2D eigenvalue weighted by molar-refractivity contribution is 14.0. The van der Waals surface area contributed by atoms with Gasteiger partial charge in [-0.25, -0.2) is 0 Å². The number of aliphatic imine (C=N–C) groups is 1. The van der Waals surface area contributed by atoms with Gasteiger partial charge >= 0.3 is 0 Å². The number of nitrogens with zero attached hydrogens (tertiary/aromatic N) is 3. The highest BCUT2D eigenvalue weighted by atomic mass is 127. The number of rotatable bonds is 6. The van der Waals surface area contributed by atoms with Crippen LogP contribution in [0.1, 0.15) is 42.2 Å². The second kappa shape index (κ2) is 11.0. The van der Waals surface area contributed by atoms with E-state index in [9.17, 15) is 0 Å². The lowest BCUT2D eigenvalue weighted by Gasteiger charge is -2.28. The molecule has 0 bridgehead atoms. The molecule has 0 amide bonds. The Morgan fingerprint density at radius 2 is 1.97 bits per heavy atom. The van der Waals surface area contributed by atoms with Crippen molar-refractivity contribution in [1.82, 2.24) is 15.5 Å². The lowest BCUT2D eigenvalue weighted by molar-refractivity contribution is 0.215. The minimum Gasteiger partial charge on any atom is -0.468 e. The summed E-state index contributed by atoms with van der Waals surface area (Å²) in [7, 11) is 4.01. The average Bonchev–Trinajstić information content (AvgIpc) is 3.45. The molecule has 1 unspecified atom stereocenters. The van der Waals surface area contributed by atoms with E-state index in [2.05, 4.69) is 56.7 Å². The number of anilines is 1. The van der Waals surface area contributed by atoms with Gasteiger partial charge in [0.2, 0.25) is 0 Å². The Morgan fingerprint density at radius 3 is 2.70 bits per heavy atom. The van der Waals surface area contributed by atoms with Crippen molar-refractivity contribution in [2.24, 2.45) is 4.99 Å². The van der Waals surface area contributed by atoms with Crippen molar-refractivity contribution in [1.29, 1.82) is 0 Å². The second-order valence-corrected chi connectivity index (χ2v) is 8.07. The summed E-state index contributed by atoms with van der Waals surface area (Å²) in [6.45, 7) is 4.95. The van der Waals surface area contributed by atoms with E-state index in [1.165, 1.54) is 42.5 Å². The number of furan rings is 1. The Balaban J connectivity index is 0.00000256. The predicted molar refractivity (Wildman–Crippen MR) is 134 cm³/mol. The highest BCUT2D eigenvalue weighted by Crippen LogP contribution is 2.27. The molecule has 1 aromatic carbocycles. The summed E-state index contributed by atoms with van der Waals surface area (Å²) >= 11 is 0. The van der Waals surface area contributed by atoms with Crippen molar-refractivity contribution in [2.75, 3.05) is 45.2 Å². The maximum Gasteiger partial charge on any atom is 0.191 e. The van der Waals surface area contributed by atoms with E-state index in [1.807, 2.05) is 13.1 Å². The van der Waals surface area contributed by atoms with E-state index in [0.717, 1.165) is 44.4 Å². The predicted octanol–water partition coefficient (Wildman–Crippen LogP) is 3.78. The van der Waals surface area contributed by atoms with E-state index in [0.29, 0.717) is 0 Å². The summed E-state index contributed by atoms with van der Waals surface area (Å²) in [5.41, 5.74) is 4.12. The van der Waals surface area contributed by atoms with Crippen LogP contribution in [0.2, 0.25) is 0 Å². The lowest BCUT2D eigenvalue weighted by atomic mass is 9.99. The molecule has 1 atom stereocenters. The Hall–Kier alpha value is -1.74. The SMILES string of the molecule is CN=C(NCc1ccc2c(c1)CCCN2C)NCC(c1ccco1)N1CCCC1.I. The monoisotopic (exact) mass is 523 g/mol. The van der Waals surface area contributed by atoms with Gasteiger partial charge in [0.1, 0.15) is 5.76 Å². The molecule has 4 rings (SSSR count). The van der Waals surface area contributed by atoms with Crippen LogP contribution in [0.25, 0.3) is 0 Å². The maximum atomic E-state index is 5.72. The largest absolute Gasteiger partial charge is 0.468 e. The van der Waals surface area contributed by atoms with Gasteiger partial charge in [0, 0.05) is 39.4 Å². The first-order valence-electron chi connectivity index (χ1n) is 10.8. The summed E-state index contributed by atoms with van der Waals surface area (Å²) in [6.07, 6.45) is 6.68. The van der Waals surface area contributed by atoms with Crippen LogP contribution in [0.5, 0.6) is 0 Å². The first-order valence-corrected chi connectivity index (χ1v) is 10.8. The van der Waals surface area contributed by atoms with E-state index < -0.39 is 0 Å². The van der Waals surface area contributed by atoms with Crippen molar-refractivity contribution in [3.8, 4) is 0 Å². The van der Waals surface area contributed by atoms with E-state index >= 15 is 0 Å². The molecule has 0 radical (unpaired) electrons. The Morgan fingerprint density at radius 1 is 1.13 bits per heavy atom. The number of aryl methyl sites for hydroxylation is 1. The van der Waals surface area contributed by atoms with Crippen molar-refractivity contribution in [3.63, 3.8) is 0 Å². The van der Waals surface area contributed by atoms with Gasteiger partial charge in [0.25, 0.3) is 0 Å². The molecule has 0 spiro atoms. The standard InChI is InChI=1S/C23H33N5O.HI/c1-24-23(25-16-18-9-10-20-19(15-18)7-5-11-27(20)2)26-17-21(22-8-6-14-29-22)28-12-3-4-13-28;/h6,8-10,14-15,21H,3-5,7,11-13,16-17H2,1-2H3,(H2,24,25,26);1H. The van der Waals surface area contributed by atoms with Gasteiger partial charge in [-0.1, -0.05) is 12.1 Å². The van der Waals surface area contributed by atoms with Gasteiger partial charge in [0.05, 0.1) is 12.3 Å². The molecule has 30 heavy (non-hydrogen) atoms. The van der Waals surface area contributed by atoms with E-state index in [1.54, 1.807) is 6.26 Å². The fraction of sp³-hybridized carbons (Fsp3) is 0.522. The number of likely N-dealkylation sites (tertiary alicyclic amines) is 1. The zero-order valence-electron chi connectivity index (χ0n) is 18.1. The molecular weight excluding hydrogens is 489 g/mol. The molecule has 7 heteroatoms. The van der Waals surface area contributed by atoms with Crippen LogP contribution in [-0.4, -0.2) is 51.1 Å². The van der Waals surface area contributed by atoms with Gasteiger partial charge in [-0.05, 0) is 68.1 Å². The molecule has 0 saturated carbocycles. The number of halogens is 1. The number of guanidine groups is 1. The number of benzene rings is 1. The van der Waals surface area contributed by atoms with E-state index in [-0.39, 0.29) is 30.0 Å². The molecular formula is C23H34IN5O. The van der Waals surface area contributed by atoms with Crippen LogP contribution >= 0.6 is 24.0 Å². The number of nitrogens with one attached hydrogen (secondary N) is 2. The van der Waals surface area contributed by atoms with Crippen molar-refractivity contribution in [3.05, 3.63) is 53.5 Å². The summed E-state index contributed by atoms with van der Waals surface area (Å²) < 4.78 is 5.72. The fourth-order valence-electron chi connectivity index (χ4n) is 4.49. The van der Waals surface area contributed by atoms with Crippen molar-refractivity contribution < 1.29 is 4.42 Å². The molecule has 6 nitrogen and oxygen atoms in total. The zero-order chi connectivity index (χ0) is 20.1. The second-order valence-electron chi connectivity index (χ2n) is 8.07. The molecule has 1 aromatic heterocycles. The number of fused-ring (bicyclic) bond motifs is 1. The quantitative estimate of drug-likeness (QED) is 0.343. The van der Waals surface area contributed by atoms with Gasteiger partial charge in [-0.3, -0.25) is 9.89 Å². The smallest absolute Gasteiger partial charge is 0.191 e. The number of hydrogen-bond donors (Lipinski definition) is 2. The first-order chi connectivity index (χ1) is 14.2. The van der Waals surface area contributed by atoms with Gasteiger partial charge in [0.15, 0.2) is 5.96 Å². The zero-order valence-corrected chi connectivity index (χ0v) is 20.4. The summed E-state index contributed by atoms with van der Waals surface area (Å²) in [5.74, 6) is 1.85. The Bertz CT molecular complexity index is 817. The summed E-state index contributed by atoms with van der Waals surface area (Å²) in [6, 6.07) is 11.1. The van der Waals surface area contributed by atoms with Crippen molar-refractivity contribution >= 4 is 35.6 Å². The number of hydrogen-bond acceptors (Lipinski definition) is 4. The van der Waals surface area contributed by atoms with Crippen LogP contribution < -0.4 is 15.5 Å². The average molecular weight is 523 g/mol. The van der Waals surface area contributed by atoms with Gasteiger partial charge in [-0.15, -0.1) is 24.0 Å². The third-order valence-electron chi connectivity index (χ3n) is 6.09. The molecule has 1 saturated heterocycles. The molecule has 2 aromatic rings. The topological polar surface area (TPSA) is 56.0 Å². The molecule has 3 heterocycles. The minimum atomic E-state index is 0. The Labute approximate surface area is 197 Å². The molecule has 2 aliphatic heterocycles. The van der Waals surface area contributed by atoms with Gasteiger partial charge < -0.3 is 20.0 Å². The van der Waals surface area contributed by atoms with Crippen molar-refractivity contribution in [2.45, 2.75) is 38.3 Å². The third-order valence-corrected chi connectivity index (χ3v) is 6.09. The minimum absolute atomic E-state index is 0. The third kappa shape index (κ3) is 5.49. The highest BCUT2D eigenvalue weighted by Gasteiger charge is 2.25. The Kier molecular flexibility index (Phi) is 8.44. The van der Waals surface area contributed by atoms with Crippen LogP contribution in [0.3, 0.4) is 0 Å². The van der Waals surface area contributed by atoms with E-state index in [4.69, 9.17) is 4.42 Å². The molecule has 2 aliphatic rings. The van der Waals surface area contributed by atoms with Crippen LogP contribution in [0.4, 0.5) is 5.69 Å². The van der Waals surface area contributed by atoms with Gasteiger partial charge in [-0.2, -0.15) is 0 Å². The first kappa shape index (κ1) is 22.9. The summed E-state index contributed by atoms with van der Waals surface area (Å²) in [4.78, 5) is 9.27. The molecule has 1 fully saturated rings.